The van der Waals surface area contributed by atoms with E-state index in [-0.39, 0.29) is 26.0 Å². The number of amides is 3. The number of carbonyl (C=O) groups is 5. The van der Waals surface area contributed by atoms with Gasteiger partial charge in [-0.1, -0.05) is 36.8 Å². The fourth-order valence-electron chi connectivity index (χ4n) is 4.06. The Bertz CT molecular complexity index is 926. The fourth-order valence-corrected chi connectivity index (χ4v) is 4.06. The van der Waals surface area contributed by atoms with Gasteiger partial charge in [-0.25, -0.2) is 19.3 Å². The molecule has 0 spiro atoms. The summed E-state index contributed by atoms with van der Waals surface area (Å²) in [4.78, 5) is 63.9. The van der Waals surface area contributed by atoms with Gasteiger partial charge in [0.15, 0.2) is 0 Å². The zero-order valence-corrected chi connectivity index (χ0v) is 20.1. The van der Waals surface area contributed by atoms with Crippen LogP contribution in [0.3, 0.4) is 0 Å². The van der Waals surface area contributed by atoms with Crippen LogP contribution in [0.25, 0.3) is 0 Å². The molecule has 1 aliphatic heterocycles. The maximum atomic E-state index is 13.1. The molecule has 1 fully saturated rings. The Labute approximate surface area is 209 Å². The predicted octanol–water partition coefficient (Wildman–Crippen LogP) is 0.917. The van der Waals surface area contributed by atoms with Gasteiger partial charge in [0.2, 0.25) is 11.8 Å². The number of unbranched alkanes of at least 4 members (excludes halogenated alkanes) is 1. The number of carboxylic acid groups (broad SMARTS) is 2. The van der Waals surface area contributed by atoms with Crippen molar-refractivity contribution in [2.24, 2.45) is 11.5 Å². The van der Waals surface area contributed by atoms with Gasteiger partial charge in [-0.3, -0.25) is 9.59 Å². The topological polar surface area (TPSA) is 194 Å². The first-order valence-electron chi connectivity index (χ1n) is 11.9. The minimum absolute atomic E-state index is 0.178. The summed E-state index contributed by atoms with van der Waals surface area (Å²) in [5.41, 5.74) is 12.1. The molecule has 3 amide bonds. The summed E-state index contributed by atoms with van der Waals surface area (Å²) in [6, 6.07) is 4.74. The number of likely N-dealkylation sites (tertiary alicyclic amines) is 1. The van der Waals surface area contributed by atoms with Gasteiger partial charge in [0.25, 0.3) is 0 Å². The minimum atomic E-state index is -1.73. The molecule has 1 saturated heterocycles. The van der Waals surface area contributed by atoms with Crippen molar-refractivity contribution in [3.05, 3.63) is 35.9 Å². The second-order valence-electron chi connectivity index (χ2n) is 8.62. The average Bonchev–Trinajstić information content (AvgIpc) is 3.35. The Morgan fingerprint density at radius 3 is 2.39 bits per heavy atom. The van der Waals surface area contributed by atoms with Crippen molar-refractivity contribution in [2.45, 2.75) is 69.7 Å². The van der Waals surface area contributed by atoms with E-state index in [1.165, 1.54) is 4.90 Å². The Hall–Kier alpha value is -3.51. The van der Waals surface area contributed by atoms with Crippen molar-refractivity contribution in [1.29, 1.82) is 0 Å². The molecule has 0 radical (unpaired) electrons. The van der Waals surface area contributed by atoms with Crippen LogP contribution < -0.4 is 11.5 Å². The number of imide groups is 1. The van der Waals surface area contributed by atoms with Gasteiger partial charge in [-0.2, -0.15) is 0 Å². The lowest BCUT2D eigenvalue weighted by Crippen LogP contribution is -2.54. The molecule has 3 atom stereocenters. The molecular weight excluding hydrogens is 472 g/mol. The molecule has 0 aliphatic carbocycles. The number of aliphatic carboxylic acids is 2. The first-order valence-corrected chi connectivity index (χ1v) is 11.9. The molecule has 198 valence electrons. The lowest BCUT2D eigenvalue weighted by atomic mass is 10.1. The summed E-state index contributed by atoms with van der Waals surface area (Å²) in [5, 5.41) is 19.2. The van der Waals surface area contributed by atoms with E-state index in [0.29, 0.717) is 42.7 Å². The van der Waals surface area contributed by atoms with Gasteiger partial charge in [-0.15, -0.1) is 0 Å². The van der Waals surface area contributed by atoms with Gasteiger partial charge in [0.05, 0.1) is 6.04 Å². The smallest absolute Gasteiger partial charge is 0.417 e. The number of hydrogen-bond acceptors (Lipinski definition) is 8. The second-order valence-corrected chi connectivity index (χ2v) is 8.62. The predicted molar refractivity (Wildman–Crippen MR) is 127 cm³/mol. The maximum absolute atomic E-state index is 13.1. The average molecular weight is 507 g/mol. The van der Waals surface area contributed by atoms with E-state index in [4.69, 9.17) is 16.2 Å². The largest absolute Gasteiger partial charge is 0.480 e. The SMILES string of the molecule is NCCCC[C@H](N)C(=O)N(C(=O)OCc1ccccc1)[C@H](CCC(=O)N1CCC[C@H]1C(=O)O)C(=O)O. The fraction of sp³-hybridized carbons (Fsp3) is 0.542. The van der Waals surface area contributed by atoms with E-state index in [1.54, 1.807) is 30.3 Å². The van der Waals surface area contributed by atoms with Crippen molar-refractivity contribution in [1.82, 2.24) is 9.80 Å². The normalized spacial score (nSPS) is 16.7. The van der Waals surface area contributed by atoms with Crippen LogP contribution in [0.1, 0.15) is 50.5 Å². The highest BCUT2D eigenvalue weighted by molar-refractivity contribution is 5.99. The number of hydrogen-bond donors (Lipinski definition) is 4. The van der Waals surface area contributed by atoms with Crippen LogP contribution in [0.2, 0.25) is 0 Å². The summed E-state index contributed by atoms with van der Waals surface area (Å²) >= 11 is 0. The Balaban J connectivity index is 2.19. The molecule has 2 rings (SSSR count). The third kappa shape index (κ3) is 8.02. The van der Waals surface area contributed by atoms with Crippen molar-refractivity contribution >= 4 is 29.8 Å². The van der Waals surface area contributed by atoms with Gasteiger partial charge < -0.3 is 31.3 Å². The summed E-state index contributed by atoms with van der Waals surface area (Å²) in [5.74, 6) is -4.16. The number of ether oxygens (including phenoxy) is 1. The molecule has 0 unspecified atom stereocenters. The standard InChI is InChI=1S/C24H34N4O8/c25-13-5-4-9-17(26)21(30)28(24(35)36-15-16-7-2-1-3-8-16)19(23(33)34)11-12-20(29)27-14-6-10-18(27)22(31)32/h1-3,7-8,17-19H,4-6,9-15,25-26H2,(H,31,32)(H,33,34)/t17-,18-,19+/m0/s1. The summed E-state index contributed by atoms with van der Waals surface area (Å²) in [6.07, 6.45) is 0.101. The minimum Gasteiger partial charge on any atom is -0.480 e. The van der Waals surface area contributed by atoms with Crippen LogP contribution in [0.4, 0.5) is 4.79 Å². The van der Waals surface area contributed by atoms with Gasteiger partial charge in [0.1, 0.15) is 18.7 Å². The highest BCUT2D eigenvalue weighted by atomic mass is 16.6. The molecule has 36 heavy (non-hydrogen) atoms. The first-order chi connectivity index (χ1) is 17.2. The number of carboxylic acids is 2. The van der Waals surface area contributed by atoms with Crippen molar-refractivity contribution in [3.63, 3.8) is 0 Å². The number of benzene rings is 1. The number of carbonyl (C=O) groups excluding carboxylic acids is 3. The molecule has 0 bridgehead atoms. The zero-order chi connectivity index (χ0) is 26.7. The lowest BCUT2D eigenvalue weighted by Gasteiger charge is -2.29. The van der Waals surface area contributed by atoms with Gasteiger partial charge in [-0.05, 0) is 44.2 Å². The van der Waals surface area contributed by atoms with E-state index in [9.17, 15) is 34.2 Å². The highest BCUT2D eigenvalue weighted by Gasteiger charge is 2.40. The number of nitrogens with zero attached hydrogens (tertiary/aromatic N) is 2. The Morgan fingerprint density at radius 2 is 1.78 bits per heavy atom. The first kappa shape index (κ1) is 28.7. The quantitative estimate of drug-likeness (QED) is 0.279. The van der Waals surface area contributed by atoms with Gasteiger partial charge >= 0.3 is 18.0 Å². The molecule has 12 nitrogen and oxygen atoms in total. The number of rotatable bonds is 13. The van der Waals surface area contributed by atoms with Crippen molar-refractivity contribution in [3.8, 4) is 0 Å². The monoisotopic (exact) mass is 506 g/mol. The van der Waals surface area contributed by atoms with E-state index < -0.39 is 54.4 Å². The number of nitrogens with two attached hydrogens (primary N) is 2. The van der Waals surface area contributed by atoms with Crippen LogP contribution in [0.5, 0.6) is 0 Å². The lowest BCUT2D eigenvalue weighted by molar-refractivity contribution is -0.151. The van der Waals surface area contributed by atoms with E-state index in [0.717, 1.165) is 0 Å². The molecule has 6 N–H and O–H groups in total. The third-order valence-corrected chi connectivity index (χ3v) is 6.01. The van der Waals surface area contributed by atoms with Crippen LogP contribution in [0, 0.1) is 0 Å². The molecule has 0 aromatic heterocycles. The highest BCUT2D eigenvalue weighted by Crippen LogP contribution is 2.21. The summed E-state index contributed by atoms with van der Waals surface area (Å²) in [7, 11) is 0. The Kier molecular flexibility index (Phi) is 11.3. The van der Waals surface area contributed by atoms with Crippen molar-refractivity contribution < 1.29 is 38.9 Å². The Morgan fingerprint density at radius 1 is 1.08 bits per heavy atom. The molecule has 1 aromatic carbocycles. The third-order valence-electron chi connectivity index (χ3n) is 6.01. The molecule has 1 aliphatic rings. The summed E-state index contributed by atoms with van der Waals surface area (Å²) in [6.45, 7) is 0.421. The zero-order valence-electron chi connectivity index (χ0n) is 20.1. The van der Waals surface area contributed by atoms with Crippen LogP contribution in [-0.2, 0) is 30.5 Å². The second kappa shape index (κ2) is 14.1. The molecule has 12 heteroatoms. The molecular formula is C24H34N4O8. The molecule has 1 aromatic rings. The van der Waals surface area contributed by atoms with Crippen LogP contribution in [-0.4, -0.2) is 81.1 Å². The van der Waals surface area contributed by atoms with E-state index in [1.807, 2.05) is 0 Å². The molecule has 1 heterocycles. The van der Waals surface area contributed by atoms with E-state index >= 15 is 0 Å². The van der Waals surface area contributed by atoms with E-state index in [2.05, 4.69) is 0 Å². The molecule has 0 saturated carbocycles. The van der Waals surface area contributed by atoms with Crippen LogP contribution >= 0.6 is 0 Å². The summed E-state index contributed by atoms with van der Waals surface area (Å²) < 4.78 is 5.23. The van der Waals surface area contributed by atoms with Gasteiger partial charge in [0, 0.05) is 13.0 Å². The maximum Gasteiger partial charge on any atom is 0.417 e. The van der Waals surface area contributed by atoms with Crippen molar-refractivity contribution in [2.75, 3.05) is 13.1 Å². The van der Waals surface area contributed by atoms with Crippen LogP contribution in [0.15, 0.2) is 30.3 Å².